The summed E-state index contributed by atoms with van der Waals surface area (Å²) in [5.74, 6) is 0.900. The minimum atomic E-state index is -1.00. The average molecular weight is 419 g/mol. The Bertz CT molecular complexity index is 699. The summed E-state index contributed by atoms with van der Waals surface area (Å²) in [6.45, 7) is 6.04. The predicted molar refractivity (Wildman–Crippen MR) is 118 cm³/mol. The standard InChI is InChI=1S/C26H36F2O2/c1-3-5-6-19-7-11-21(12-8-19)22-13-9-20(10-14-22)18-30-24-16-15-23(29-17-4-2)25(27)26(24)28/h3-4,15-17,19-22H,1,5-14,18H2,2H3/b17-4+. The van der Waals surface area contributed by atoms with Crippen LogP contribution >= 0.6 is 0 Å². The Hall–Kier alpha value is -1.84. The second-order valence-electron chi connectivity index (χ2n) is 9.02. The van der Waals surface area contributed by atoms with Crippen molar-refractivity contribution in [1.82, 2.24) is 0 Å². The summed E-state index contributed by atoms with van der Waals surface area (Å²) in [4.78, 5) is 0. The van der Waals surface area contributed by atoms with Gasteiger partial charge in [0.1, 0.15) is 0 Å². The third-order valence-electron chi connectivity index (χ3n) is 7.05. The van der Waals surface area contributed by atoms with Crippen LogP contribution in [0.1, 0.15) is 71.1 Å². The van der Waals surface area contributed by atoms with Gasteiger partial charge in [-0.05, 0) is 94.1 Å². The molecule has 166 valence electrons. The van der Waals surface area contributed by atoms with Crippen LogP contribution in [0.4, 0.5) is 8.78 Å². The SMILES string of the molecule is C=CCCC1CCC(C2CCC(COc3ccc(O/C=C/C)c(F)c3F)CC2)CC1. The van der Waals surface area contributed by atoms with Gasteiger partial charge in [-0.1, -0.05) is 25.0 Å². The van der Waals surface area contributed by atoms with Crippen LogP contribution in [0, 0.1) is 35.3 Å². The summed E-state index contributed by atoms with van der Waals surface area (Å²) in [5, 5.41) is 0. The van der Waals surface area contributed by atoms with Crippen molar-refractivity contribution >= 4 is 0 Å². The average Bonchev–Trinajstić information content (AvgIpc) is 2.79. The maximum Gasteiger partial charge on any atom is 0.205 e. The highest BCUT2D eigenvalue weighted by Crippen LogP contribution is 2.42. The van der Waals surface area contributed by atoms with Gasteiger partial charge in [-0.25, -0.2) is 0 Å². The minimum Gasteiger partial charge on any atom is -0.490 e. The summed E-state index contributed by atoms with van der Waals surface area (Å²) in [6.07, 6.45) is 17.7. The molecule has 2 fully saturated rings. The Morgan fingerprint density at radius 1 is 0.900 bits per heavy atom. The Morgan fingerprint density at radius 2 is 1.47 bits per heavy atom. The molecule has 0 unspecified atom stereocenters. The van der Waals surface area contributed by atoms with Crippen molar-refractivity contribution in [1.29, 1.82) is 0 Å². The van der Waals surface area contributed by atoms with E-state index in [1.807, 2.05) is 6.08 Å². The lowest BCUT2D eigenvalue weighted by atomic mass is 9.69. The van der Waals surface area contributed by atoms with Gasteiger partial charge >= 0.3 is 0 Å². The van der Waals surface area contributed by atoms with E-state index in [0.29, 0.717) is 12.5 Å². The number of hydrogen-bond donors (Lipinski definition) is 0. The molecule has 0 spiro atoms. The Labute approximate surface area is 180 Å². The Kier molecular flexibility index (Phi) is 8.77. The maximum absolute atomic E-state index is 14.2. The number of rotatable bonds is 9. The molecule has 0 heterocycles. The third kappa shape index (κ3) is 6.09. The van der Waals surface area contributed by atoms with Gasteiger partial charge in [-0.15, -0.1) is 6.58 Å². The van der Waals surface area contributed by atoms with Gasteiger partial charge in [-0.2, -0.15) is 8.78 Å². The summed E-state index contributed by atoms with van der Waals surface area (Å²) in [7, 11) is 0. The largest absolute Gasteiger partial charge is 0.490 e. The fourth-order valence-corrected chi connectivity index (χ4v) is 5.19. The molecule has 0 bridgehead atoms. The van der Waals surface area contributed by atoms with Crippen molar-refractivity contribution in [3.63, 3.8) is 0 Å². The lowest BCUT2D eigenvalue weighted by molar-refractivity contribution is 0.120. The van der Waals surface area contributed by atoms with Crippen LogP contribution in [0.2, 0.25) is 0 Å². The number of halogens is 2. The van der Waals surface area contributed by atoms with Gasteiger partial charge in [0.15, 0.2) is 11.5 Å². The fraction of sp³-hybridized carbons (Fsp3) is 0.615. The fourth-order valence-electron chi connectivity index (χ4n) is 5.19. The summed E-state index contributed by atoms with van der Waals surface area (Å²) in [6, 6.07) is 2.86. The maximum atomic E-state index is 14.2. The first-order valence-corrected chi connectivity index (χ1v) is 11.6. The molecule has 0 aliphatic heterocycles. The van der Waals surface area contributed by atoms with Gasteiger partial charge in [0.2, 0.25) is 11.6 Å². The highest BCUT2D eigenvalue weighted by atomic mass is 19.2. The first-order valence-electron chi connectivity index (χ1n) is 11.6. The molecular weight excluding hydrogens is 382 g/mol. The van der Waals surface area contributed by atoms with Gasteiger partial charge in [-0.3, -0.25) is 0 Å². The van der Waals surface area contributed by atoms with E-state index in [1.54, 1.807) is 13.0 Å². The van der Waals surface area contributed by atoms with E-state index in [2.05, 4.69) is 6.58 Å². The first kappa shape index (κ1) is 22.8. The normalized spacial score (nSPS) is 27.2. The third-order valence-corrected chi connectivity index (χ3v) is 7.05. The summed E-state index contributed by atoms with van der Waals surface area (Å²) in [5.41, 5.74) is 0. The smallest absolute Gasteiger partial charge is 0.205 e. The van der Waals surface area contributed by atoms with Crippen molar-refractivity contribution in [2.45, 2.75) is 71.1 Å². The molecule has 0 radical (unpaired) electrons. The van der Waals surface area contributed by atoms with Gasteiger partial charge in [0.05, 0.1) is 12.9 Å². The number of ether oxygens (including phenoxy) is 2. The van der Waals surface area contributed by atoms with Crippen molar-refractivity contribution in [3.05, 3.63) is 48.8 Å². The number of hydrogen-bond acceptors (Lipinski definition) is 2. The molecule has 30 heavy (non-hydrogen) atoms. The molecule has 0 atom stereocenters. The zero-order valence-corrected chi connectivity index (χ0v) is 18.3. The summed E-state index contributed by atoms with van der Waals surface area (Å²) < 4.78 is 39.0. The van der Waals surface area contributed by atoms with Gasteiger partial charge < -0.3 is 9.47 Å². The highest BCUT2D eigenvalue weighted by molar-refractivity contribution is 5.35. The van der Waals surface area contributed by atoms with E-state index in [1.165, 1.54) is 63.3 Å². The molecule has 0 aromatic heterocycles. The molecular formula is C26H36F2O2. The highest BCUT2D eigenvalue weighted by Gasteiger charge is 2.31. The molecule has 0 amide bonds. The Balaban J connectivity index is 1.41. The van der Waals surface area contributed by atoms with E-state index < -0.39 is 11.6 Å². The quantitative estimate of drug-likeness (QED) is 0.300. The van der Waals surface area contributed by atoms with Crippen LogP contribution in [0.15, 0.2) is 37.1 Å². The van der Waals surface area contributed by atoms with Crippen LogP contribution in [-0.2, 0) is 0 Å². The molecule has 0 N–H and O–H groups in total. The van der Waals surface area contributed by atoms with Crippen LogP contribution < -0.4 is 9.47 Å². The van der Waals surface area contributed by atoms with E-state index in [-0.39, 0.29) is 11.5 Å². The molecule has 2 nitrogen and oxygen atoms in total. The van der Waals surface area contributed by atoms with E-state index >= 15 is 0 Å². The molecule has 3 rings (SSSR count). The van der Waals surface area contributed by atoms with Crippen LogP contribution in [0.5, 0.6) is 11.5 Å². The van der Waals surface area contributed by atoms with E-state index in [4.69, 9.17) is 9.47 Å². The van der Waals surface area contributed by atoms with Crippen LogP contribution in [0.3, 0.4) is 0 Å². The van der Waals surface area contributed by atoms with Crippen molar-refractivity contribution in [2.24, 2.45) is 23.7 Å². The molecule has 2 aliphatic rings. The van der Waals surface area contributed by atoms with Gasteiger partial charge in [0.25, 0.3) is 0 Å². The minimum absolute atomic E-state index is 0.0275. The lowest BCUT2D eigenvalue weighted by Gasteiger charge is -2.37. The second kappa shape index (κ2) is 11.5. The lowest BCUT2D eigenvalue weighted by Crippen LogP contribution is -2.27. The monoisotopic (exact) mass is 418 g/mol. The summed E-state index contributed by atoms with van der Waals surface area (Å²) >= 11 is 0. The van der Waals surface area contributed by atoms with Gasteiger partial charge in [0, 0.05) is 0 Å². The molecule has 0 saturated heterocycles. The van der Waals surface area contributed by atoms with Crippen molar-refractivity contribution in [3.8, 4) is 11.5 Å². The second-order valence-corrected chi connectivity index (χ2v) is 9.02. The molecule has 1 aromatic rings. The predicted octanol–water partition coefficient (Wildman–Crippen LogP) is 7.84. The van der Waals surface area contributed by atoms with E-state index in [0.717, 1.165) is 37.0 Å². The molecule has 4 heteroatoms. The first-order chi connectivity index (χ1) is 14.6. The number of allylic oxidation sites excluding steroid dienone is 2. The number of benzene rings is 1. The zero-order valence-electron chi connectivity index (χ0n) is 18.3. The van der Waals surface area contributed by atoms with Crippen molar-refractivity contribution in [2.75, 3.05) is 6.61 Å². The zero-order chi connectivity index (χ0) is 21.3. The van der Waals surface area contributed by atoms with E-state index in [9.17, 15) is 8.78 Å². The van der Waals surface area contributed by atoms with Crippen LogP contribution in [0.25, 0.3) is 0 Å². The molecule has 1 aromatic carbocycles. The Morgan fingerprint density at radius 3 is 2.07 bits per heavy atom. The topological polar surface area (TPSA) is 18.5 Å². The van der Waals surface area contributed by atoms with Crippen molar-refractivity contribution < 1.29 is 18.3 Å². The molecule has 2 saturated carbocycles. The van der Waals surface area contributed by atoms with Crippen LogP contribution in [-0.4, -0.2) is 6.61 Å². The molecule has 2 aliphatic carbocycles.